The molecule has 0 bridgehead atoms. The van der Waals surface area contributed by atoms with Crippen LogP contribution in [-0.2, 0) is 11.2 Å². The molecule has 2 aromatic rings. The molecule has 0 saturated heterocycles. The summed E-state index contributed by atoms with van der Waals surface area (Å²) < 4.78 is 39.6. The van der Waals surface area contributed by atoms with Crippen LogP contribution in [0.15, 0.2) is 36.4 Å². The molecule has 2 nitrogen and oxygen atoms in total. The standard InChI is InChI=1S/C15H12F3NO/c1-9-3-2-4-11(5-9)19-15(20)8-12-13(17)6-10(16)7-14(12)18/h2-7H,8H2,1H3,(H,19,20). The largest absolute Gasteiger partial charge is 0.326 e. The maximum absolute atomic E-state index is 13.4. The number of amides is 1. The molecule has 0 aromatic heterocycles. The Balaban J connectivity index is 2.13. The summed E-state index contributed by atoms with van der Waals surface area (Å²) in [5.41, 5.74) is 1.04. The molecule has 0 radical (unpaired) electrons. The zero-order chi connectivity index (χ0) is 14.7. The summed E-state index contributed by atoms with van der Waals surface area (Å²) in [6, 6.07) is 8.12. The normalized spacial score (nSPS) is 10.4. The van der Waals surface area contributed by atoms with Crippen LogP contribution < -0.4 is 5.32 Å². The molecule has 0 fully saturated rings. The van der Waals surface area contributed by atoms with Crippen LogP contribution in [0.3, 0.4) is 0 Å². The van der Waals surface area contributed by atoms with Gasteiger partial charge in [-0.05, 0) is 24.6 Å². The molecule has 0 spiro atoms. The molecule has 0 unspecified atom stereocenters. The third-order valence-corrected chi connectivity index (χ3v) is 2.74. The van der Waals surface area contributed by atoms with Crippen LogP contribution in [0.5, 0.6) is 0 Å². The zero-order valence-electron chi connectivity index (χ0n) is 10.7. The van der Waals surface area contributed by atoms with Crippen LogP contribution in [0, 0.1) is 24.4 Å². The average molecular weight is 279 g/mol. The average Bonchev–Trinajstić information content (AvgIpc) is 2.33. The van der Waals surface area contributed by atoms with Gasteiger partial charge in [0, 0.05) is 23.4 Å². The topological polar surface area (TPSA) is 29.1 Å². The lowest BCUT2D eigenvalue weighted by atomic mass is 10.1. The Morgan fingerprint density at radius 1 is 1.10 bits per heavy atom. The van der Waals surface area contributed by atoms with Crippen LogP contribution in [0.25, 0.3) is 0 Å². The Hall–Kier alpha value is -2.30. The zero-order valence-corrected chi connectivity index (χ0v) is 10.7. The molecule has 2 aromatic carbocycles. The number of benzene rings is 2. The minimum Gasteiger partial charge on any atom is -0.326 e. The van der Waals surface area contributed by atoms with E-state index >= 15 is 0 Å². The van der Waals surface area contributed by atoms with Gasteiger partial charge in [-0.25, -0.2) is 13.2 Å². The molecule has 1 amide bonds. The second kappa shape index (κ2) is 5.77. The van der Waals surface area contributed by atoms with E-state index in [0.717, 1.165) is 5.56 Å². The fraction of sp³-hybridized carbons (Fsp3) is 0.133. The van der Waals surface area contributed by atoms with Crippen LogP contribution >= 0.6 is 0 Å². The van der Waals surface area contributed by atoms with Crippen molar-refractivity contribution in [3.8, 4) is 0 Å². The summed E-state index contributed by atoms with van der Waals surface area (Å²) in [5, 5.41) is 2.53. The Bertz CT molecular complexity index is 632. The van der Waals surface area contributed by atoms with Crippen molar-refractivity contribution in [2.24, 2.45) is 0 Å². The molecule has 0 aliphatic rings. The summed E-state index contributed by atoms with van der Waals surface area (Å²) in [5.74, 6) is -3.72. The molecule has 0 atom stereocenters. The molecule has 1 N–H and O–H groups in total. The van der Waals surface area contributed by atoms with Gasteiger partial charge in [0.05, 0.1) is 6.42 Å². The van der Waals surface area contributed by atoms with E-state index in [0.29, 0.717) is 17.8 Å². The Kier molecular flexibility index (Phi) is 4.08. The molecule has 20 heavy (non-hydrogen) atoms. The molecule has 0 aliphatic carbocycles. The quantitative estimate of drug-likeness (QED) is 0.914. The van der Waals surface area contributed by atoms with Gasteiger partial charge < -0.3 is 5.32 Å². The monoisotopic (exact) mass is 279 g/mol. The lowest BCUT2D eigenvalue weighted by Crippen LogP contribution is -2.16. The molecule has 0 aliphatic heterocycles. The van der Waals surface area contributed by atoms with Gasteiger partial charge in [-0.15, -0.1) is 0 Å². The van der Waals surface area contributed by atoms with E-state index in [1.165, 1.54) is 0 Å². The van der Waals surface area contributed by atoms with Gasteiger partial charge in [0.2, 0.25) is 5.91 Å². The predicted octanol–water partition coefficient (Wildman–Crippen LogP) is 3.59. The second-order valence-electron chi connectivity index (χ2n) is 4.44. The first-order valence-electron chi connectivity index (χ1n) is 5.95. The van der Waals surface area contributed by atoms with Crippen LogP contribution in [0.2, 0.25) is 0 Å². The highest BCUT2D eigenvalue weighted by Gasteiger charge is 2.15. The fourth-order valence-corrected chi connectivity index (χ4v) is 1.83. The van der Waals surface area contributed by atoms with E-state index in [2.05, 4.69) is 5.32 Å². The summed E-state index contributed by atoms with van der Waals surface area (Å²) in [7, 11) is 0. The molecule has 5 heteroatoms. The van der Waals surface area contributed by atoms with Crippen molar-refractivity contribution in [3.63, 3.8) is 0 Å². The number of aryl methyl sites for hydroxylation is 1. The Labute approximate surface area is 114 Å². The van der Waals surface area contributed by atoms with Crippen molar-refractivity contribution in [3.05, 3.63) is 65.0 Å². The van der Waals surface area contributed by atoms with Gasteiger partial charge in [-0.1, -0.05) is 12.1 Å². The van der Waals surface area contributed by atoms with E-state index in [1.54, 1.807) is 18.2 Å². The third kappa shape index (κ3) is 3.38. The number of anilines is 1. The Morgan fingerprint density at radius 2 is 1.75 bits per heavy atom. The maximum atomic E-state index is 13.4. The lowest BCUT2D eigenvalue weighted by molar-refractivity contribution is -0.115. The van der Waals surface area contributed by atoms with Crippen molar-refractivity contribution >= 4 is 11.6 Å². The van der Waals surface area contributed by atoms with E-state index < -0.39 is 35.3 Å². The van der Waals surface area contributed by atoms with Crippen molar-refractivity contribution in [2.75, 3.05) is 5.32 Å². The number of halogens is 3. The number of nitrogens with one attached hydrogen (secondary N) is 1. The number of carbonyl (C=O) groups is 1. The van der Waals surface area contributed by atoms with Gasteiger partial charge in [0.15, 0.2) is 0 Å². The first kappa shape index (κ1) is 14.1. The van der Waals surface area contributed by atoms with E-state index in [-0.39, 0.29) is 0 Å². The lowest BCUT2D eigenvalue weighted by Gasteiger charge is -2.08. The van der Waals surface area contributed by atoms with Crippen molar-refractivity contribution in [2.45, 2.75) is 13.3 Å². The highest BCUT2D eigenvalue weighted by molar-refractivity contribution is 5.92. The fourth-order valence-electron chi connectivity index (χ4n) is 1.83. The highest BCUT2D eigenvalue weighted by Crippen LogP contribution is 2.16. The van der Waals surface area contributed by atoms with Gasteiger partial charge in [-0.3, -0.25) is 4.79 Å². The summed E-state index contributed by atoms with van der Waals surface area (Å²) in [4.78, 5) is 11.7. The number of hydrogen-bond donors (Lipinski definition) is 1. The molecular weight excluding hydrogens is 267 g/mol. The predicted molar refractivity (Wildman–Crippen MR) is 69.8 cm³/mol. The van der Waals surface area contributed by atoms with Crippen LogP contribution in [-0.4, -0.2) is 5.91 Å². The van der Waals surface area contributed by atoms with Crippen molar-refractivity contribution < 1.29 is 18.0 Å². The van der Waals surface area contributed by atoms with Crippen molar-refractivity contribution in [1.82, 2.24) is 0 Å². The number of rotatable bonds is 3. The number of hydrogen-bond acceptors (Lipinski definition) is 1. The summed E-state index contributed by atoms with van der Waals surface area (Å²) in [6.07, 6.45) is -0.494. The summed E-state index contributed by atoms with van der Waals surface area (Å²) >= 11 is 0. The number of carbonyl (C=O) groups excluding carboxylic acids is 1. The molecule has 0 saturated carbocycles. The van der Waals surface area contributed by atoms with Gasteiger partial charge in [-0.2, -0.15) is 0 Å². The van der Waals surface area contributed by atoms with Gasteiger partial charge in [0.1, 0.15) is 17.5 Å². The van der Waals surface area contributed by atoms with Gasteiger partial charge >= 0.3 is 0 Å². The second-order valence-corrected chi connectivity index (χ2v) is 4.44. The van der Waals surface area contributed by atoms with Crippen molar-refractivity contribution in [1.29, 1.82) is 0 Å². The van der Waals surface area contributed by atoms with Crippen LogP contribution in [0.1, 0.15) is 11.1 Å². The smallest absolute Gasteiger partial charge is 0.229 e. The summed E-state index contributed by atoms with van der Waals surface area (Å²) in [6.45, 7) is 1.86. The maximum Gasteiger partial charge on any atom is 0.229 e. The highest BCUT2D eigenvalue weighted by atomic mass is 19.1. The molecule has 2 rings (SSSR count). The molecule has 0 heterocycles. The molecule has 104 valence electrons. The van der Waals surface area contributed by atoms with Gasteiger partial charge in [0.25, 0.3) is 0 Å². The third-order valence-electron chi connectivity index (χ3n) is 2.74. The minimum absolute atomic E-state index is 0.448. The van der Waals surface area contributed by atoms with E-state index in [9.17, 15) is 18.0 Å². The molecular formula is C15H12F3NO. The Morgan fingerprint density at radius 3 is 2.35 bits per heavy atom. The van der Waals surface area contributed by atoms with E-state index in [4.69, 9.17) is 0 Å². The first-order valence-corrected chi connectivity index (χ1v) is 5.95. The first-order chi connectivity index (χ1) is 9.45. The van der Waals surface area contributed by atoms with Crippen LogP contribution in [0.4, 0.5) is 18.9 Å². The van der Waals surface area contributed by atoms with E-state index in [1.807, 2.05) is 13.0 Å². The SMILES string of the molecule is Cc1cccc(NC(=O)Cc2c(F)cc(F)cc2F)c1. The minimum atomic E-state index is -1.07.